The van der Waals surface area contributed by atoms with Crippen LogP contribution in [-0.4, -0.2) is 191 Å². The minimum Gasteiger partial charge on any atom is -0.477 e. The highest BCUT2D eigenvalue weighted by Gasteiger charge is 2.60. The second-order valence-corrected chi connectivity index (χ2v) is 11.2. The van der Waals surface area contributed by atoms with Gasteiger partial charge in [0.1, 0.15) is 67.1 Å². The molecule has 0 aromatic rings. The van der Waals surface area contributed by atoms with E-state index in [4.69, 9.17) is 23.7 Å². The maximum atomic E-state index is 12.6. The summed E-state index contributed by atoms with van der Waals surface area (Å²) < 4.78 is 27.3. The lowest BCUT2D eigenvalue weighted by atomic mass is 9.88. The molecule has 13 N–H and O–H groups in total. The smallest absolute Gasteiger partial charge is 0.364 e. The molecule has 21 heteroatoms. The topological polar surface area (TPSA) is 344 Å². The summed E-state index contributed by atoms with van der Waals surface area (Å²) in [6.45, 7) is -0.777. The van der Waals surface area contributed by atoms with Crippen LogP contribution in [0.3, 0.4) is 0 Å². The first-order chi connectivity index (χ1) is 21.5. The molecule has 2 unspecified atom stereocenters. The fourth-order valence-corrected chi connectivity index (χ4v) is 5.56. The predicted octanol–water partition coefficient (Wildman–Crippen LogP) is -8.08. The maximum Gasteiger partial charge on any atom is 0.364 e. The van der Waals surface area contributed by atoms with E-state index in [1.807, 2.05) is 0 Å². The van der Waals surface area contributed by atoms with Crippen LogP contribution in [0.15, 0.2) is 0 Å². The van der Waals surface area contributed by atoms with E-state index < -0.39 is 142 Å². The number of ether oxygens (including phenoxy) is 5. The van der Waals surface area contributed by atoms with Crippen molar-refractivity contribution >= 4 is 17.8 Å². The molecule has 0 aromatic heterocycles. The van der Waals surface area contributed by atoms with Gasteiger partial charge in [-0.3, -0.25) is 9.59 Å². The fourth-order valence-electron chi connectivity index (χ4n) is 5.56. The highest BCUT2D eigenvalue weighted by Crippen LogP contribution is 2.38. The van der Waals surface area contributed by atoms with Crippen molar-refractivity contribution in [1.82, 2.24) is 10.6 Å². The number of carbonyl (C=O) groups excluding carboxylic acids is 2. The first-order valence-corrected chi connectivity index (χ1v) is 14.2. The molecule has 3 rings (SSSR count). The van der Waals surface area contributed by atoms with Crippen LogP contribution in [0.25, 0.3) is 0 Å². The molecular formula is C25H42N2O19. The zero-order valence-electron chi connectivity index (χ0n) is 24.7. The molecule has 3 aliphatic heterocycles. The van der Waals surface area contributed by atoms with Gasteiger partial charge in [-0.1, -0.05) is 0 Å². The van der Waals surface area contributed by atoms with Gasteiger partial charge in [0, 0.05) is 20.3 Å². The predicted molar refractivity (Wildman–Crippen MR) is 142 cm³/mol. The lowest BCUT2D eigenvalue weighted by Crippen LogP contribution is -2.71. The molecule has 3 fully saturated rings. The Bertz CT molecular complexity index is 1050. The Labute approximate surface area is 260 Å². The summed E-state index contributed by atoms with van der Waals surface area (Å²) in [6.07, 6.45) is -25.8. The summed E-state index contributed by atoms with van der Waals surface area (Å²) in [4.78, 5) is 36.2. The molecule has 266 valence electrons. The van der Waals surface area contributed by atoms with Crippen LogP contribution in [0, 0.1) is 0 Å². The van der Waals surface area contributed by atoms with Gasteiger partial charge in [0.05, 0.1) is 32.0 Å². The number of carbonyl (C=O) groups is 3. The average Bonchev–Trinajstić information content (AvgIpc) is 2.99. The first kappa shape index (κ1) is 38.3. The number of carboxylic acids is 1. The van der Waals surface area contributed by atoms with E-state index in [9.17, 15) is 70.6 Å². The van der Waals surface area contributed by atoms with Gasteiger partial charge >= 0.3 is 5.97 Å². The van der Waals surface area contributed by atoms with Gasteiger partial charge in [-0.15, -0.1) is 0 Å². The number of rotatable bonds is 12. The molecule has 3 saturated heterocycles. The van der Waals surface area contributed by atoms with E-state index in [1.165, 1.54) is 0 Å². The largest absolute Gasteiger partial charge is 0.477 e. The van der Waals surface area contributed by atoms with Gasteiger partial charge in [-0.25, -0.2) is 4.79 Å². The van der Waals surface area contributed by atoms with E-state index in [-0.39, 0.29) is 0 Å². The van der Waals surface area contributed by atoms with Crippen molar-refractivity contribution in [2.75, 3.05) is 19.8 Å². The van der Waals surface area contributed by atoms with Gasteiger partial charge in [0.15, 0.2) is 12.6 Å². The zero-order chi connectivity index (χ0) is 34.7. The van der Waals surface area contributed by atoms with Gasteiger partial charge in [-0.2, -0.15) is 0 Å². The molecule has 0 saturated carbocycles. The Morgan fingerprint density at radius 2 is 1.39 bits per heavy atom. The van der Waals surface area contributed by atoms with Crippen LogP contribution in [0.4, 0.5) is 0 Å². The highest BCUT2D eigenvalue weighted by molar-refractivity contribution is 5.76. The minimum absolute atomic E-state index is 0.720. The van der Waals surface area contributed by atoms with Gasteiger partial charge in [0.25, 0.3) is 5.79 Å². The number of carboxylic acid groups (broad SMARTS) is 1. The van der Waals surface area contributed by atoms with Crippen molar-refractivity contribution in [3.05, 3.63) is 0 Å². The molecule has 0 aliphatic carbocycles. The van der Waals surface area contributed by atoms with Crippen LogP contribution >= 0.6 is 0 Å². The van der Waals surface area contributed by atoms with E-state index in [1.54, 1.807) is 0 Å². The molecule has 3 aliphatic rings. The molecule has 3 heterocycles. The second kappa shape index (κ2) is 15.8. The SMILES string of the molecule is CC(=O)N[C@H]1[C@H]([C@H](O)[C@H](O)CO)OC(O[C@H]2[C@@H](O)[C@@H](CO)O[C@@H](O[C@H]3[C@@H](O)[C@@H](CO)OC(O)[C@@H]3NC(C)=O)[C@@H]2O)(C(=O)O)C[C@@H]1O. The number of aliphatic hydroxyl groups excluding tert-OH is 10. The van der Waals surface area contributed by atoms with Crippen LogP contribution < -0.4 is 10.6 Å². The van der Waals surface area contributed by atoms with Crippen LogP contribution in [-0.2, 0) is 38.1 Å². The molecule has 16 atom stereocenters. The van der Waals surface area contributed by atoms with Crippen molar-refractivity contribution in [2.45, 2.75) is 118 Å². The zero-order valence-corrected chi connectivity index (χ0v) is 24.7. The van der Waals surface area contributed by atoms with Crippen molar-refractivity contribution in [2.24, 2.45) is 0 Å². The molecule has 0 spiro atoms. The molecule has 0 bridgehead atoms. The lowest BCUT2D eigenvalue weighted by molar-refractivity contribution is -0.380. The number of hydrogen-bond acceptors (Lipinski definition) is 18. The van der Waals surface area contributed by atoms with E-state index in [0.29, 0.717) is 0 Å². The number of amides is 2. The van der Waals surface area contributed by atoms with Crippen molar-refractivity contribution in [3.8, 4) is 0 Å². The third-order valence-electron chi connectivity index (χ3n) is 7.87. The normalized spacial score (nSPS) is 42.9. The van der Waals surface area contributed by atoms with Crippen molar-refractivity contribution < 1.29 is 94.2 Å². The average molecular weight is 675 g/mol. The van der Waals surface area contributed by atoms with Gasteiger partial charge in [0.2, 0.25) is 11.8 Å². The molecular weight excluding hydrogens is 632 g/mol. The van der Waals surface area contributed by atoms with Crippen LogP contribution in [0.2, 0.25) is 0 Å². The second-order valence-electron chi connectivity index (χ2n) is 11.2. The summed E-state index contributed by atoms with van der Waals surface area (Å²) in [5, 5.41) is 118. The number of nitrogens with one attached hydrogen (secondary N) is 2. The van der Waals surface area contributed by atoms with Crippen molar-refractivity contribution in [1.29, 1.82) is 0 Å². The lowest BCUT2D eigenvalue weighted by Gasteiger charge is -2.50. The Morgan fingerprint density at radius 3 is 1.91 bits per heavy atom. The monoisotopic (exact) mass is 674 g/mol. The summed E-state index contributed by atoms with van der Waals surface area (Å²) in [5.41, 5.74) is 0. The molecule has 0 radical (unpaired) electrons. The van der Waals surface area contributed by atoms with Crippen LogP contribution in [0.5, 0.6) is 0 Å². The summed E-state index contributed by atoms with van der Waals surface area (Å²) >= 11 is 0. The Kier molecular flexibility index (Phi) is 13.1. The minimum atomic E-state index is -3.04. The number of aliphatic carboxylic acids is 1. The third kappa shape index (κ3) is 8.08. The molecule has 21 nitrogen and oxygen atoms in total. The van der Waals surface area contributed by atoms with E-state index in [2.05, 4.69) is 10.6 Å². The Morgan fingerprint density at radius 1 is 0.848 bits per heavy atom. The van der Waals surface area contributed by atoms with Crippen molar-refractivity contribution in [3.63, 3.8) is 0 Å². The highest BCUT2D eigenvalue weighted by atomic mass is 16.8. The quantitative estimate of drug-likeness (QED) is 0.0913. The summed E-state index contributed by atoms with van der Waals surface area (Å²) in [6, 6.07) is -3.08. The number of aliphatic hydroxyl groups is 10. The summed E-state index contributed by atoms with van der Waals surface area (Å²) in [7, 11) is 0. The van der Waals surface area contributed by atoms with Gasteiger partial charge in [-0.05, 0) is 0 Å². The number of hydrogen-bond donors (Lipinski definition) is 13. The molecule has 2 amide bonds. The Balaban J connectivity index is 1.98. The van der Waals surface area contributed by atoms with Gasteiger partial charge < -0.3 is 90.5 Å². The molecule has 0 aromatic carbocycles. The van der Waals surface area contributed by atoms with Crippen LogP contribution in [0.1, 0.15) is 20.3 Å². The Hall–Kier alpha value is -2.19. The van der Waals surface area contributed by atoms with E-state index >= 15 is 0 Å². The first-order valence-electron chi connectivity index (χ1n) is 14.2. The maximum absolute atomic E-state index is 12.6. The fraction of sp³-hybridized carbons (Fsp3) is 0.880. The summed E-state index contributed by atoms with van der Waals surface area (Å²) in [5.74, 6) is -6.50. The molecule has 46 heavy (non-hydrogen) atoms. The van der Waals surface area contributed by atoms with E-state index in [0.717, 1.165) is 13.8 Å². The third-order valence-corrected chi connectivity index (χ3v) is 7.87. The standard InChI is InChI=1S/C25H42N2O19/c1-7(31)26-13-9(33)3-25(24(40)41,45-20(13)15(35)10(34)4-28)46-21-17(37)12(6-30)43-23(18(21)38)44-19-14(27-8(2)32)22(39)42-11(5-29)16(19)36/h9-23,28-30,33-39H,3-6H2,1-2H3,(H,26,31)(H,27,32)(H,40,41)/t9-,10+,11+,12+,13+,14+,15+,16-,17-,18+,19+,20+,21-,22?,23-,25?/m0/s1.